The lowest BCUT2D eigenvalue weighted by Crippen LogP contribution is -2.54. The van der Waals surface area contributed by atoms with Gasteiger partial charge in [-0.2, -0.15) is 0 Å². The van der Waals surface area contributed by atoms with E-state index >= 15 is 0 Å². The van der Waals surface area contributed by atoms with Gasteiger partial charge in [-0.1, -0.05) is 13.3 Å². The monoisotopic (exact) mass is 212 g/mol. The van der Waals surface area contributed by atoms with Crippen LogP contribution in [0.15, 0.2) is 0 Å². The maximum absolute atomic E-state index is 12.1. The van der Waals surface area contributed by atoms with Crippen molar-refractivity contribution in [2.45, 2.75) is 58.0 Å². The predicted octanol–water partition coefficient (Wildman–Crippen LogP) is 1.76. The van der Waals surface area contributed by atoms with E-state index in [1.54, 1.807) is 0 Å². The molecule has 1 amide bonds. The minimum Gasteiger partial charge on any atom is -0.341 e. The molecule has 0 aliphatic heterocycles. The van der Waals surface area contributed by atoms with Crippen molar-refractivity contribution < 1.29 is 4.79 Å². The molecule has 0 aromatic carbocycles. The highest BCUT2D eigenvalue weighted by molar-refractivity contribution is 5.85. The normalized spacial score (nSPS) is 21.9. The molecule has 2 N–H and O–H groups in total. The minimum atomic E-state index is -0.688. The molecule has 2 unspecified atom stereocenters. The van der Waals surface area contributed by atoms with Crippen LogP contribution in [0, 0.1) is 5.92 Å². The van der Waals surface area contributed by atoms with Crippen LogP contribution in [0.3, 0.4) is 0 Å². The summed E-state index contributed by atoms with van der Waals surface area (Å²) in [5, 5.41) is 0. The number of hydrogen-bond donors (Lipinski definition) is 1. The molecule has 2 atom stereocenters. The van der Waals surface area contributed by atoms with Crippen LogP contribution in [0.4, 0.5) is 0 Å². The Kier molecular flexibility index (Phi) is 3.77. The molecule has 0 spiro atoms. The summed E-state index contributed by atoms with van der Waals surface area (Å²) in [4.78, 5) is 14.0. The average Bonchev–Trinajstić information content (AvgIpc) is 2.97. The van der Waals surface area contributed by atoms with Crippen LogP contribution in [0.5, 0.6) is 0 Å². The number of likely N-dealkylation sites (N-methyl/N-ethyl adjacent to an activating group) is 1. The van der Waals surface area contributed by atoms with E-state index in [0.29, 0.717) is 12.0 Å². The van der Waals surface area contributed by atoms with E-state index in [0.717, 1.165) is 12.8 Å². The second-order valence-electron chi connectivity index (χ2n) is 5.16. The lowest BCUT2D eigenvalue weighted by Gasteiger charge is -2.33. The fraction of sp³-hybridized carbons (Fsp3) is 0.917. The molecule has 0 saturated heterocycles. The van der Waals surface area contributed by atoms with Crippen LogP contribution < -0.4 is 5.73 Å². The van der Waals surface area contributed by atoms with Crippen molar-refractivity contribution in [3.63, 3.8) is 0 Å². The zero-order valence-electron chi connectivity index (χ0n) is 10.4. The Morgan fingerprint density at radius 1 is 1.60 bits per heavy atom. The quantitative estimate of drug-likeness (QED) is 0.755. The van der Waals surface area contributed by atoms with Gasteiger partial charge < -0.3 is 10.6 Å². The average molecular weight is 212 g/mol. The van der Waals surface area contributed by atoms with Crippen molar-refractivity contribution in [3.8, 4) is 0 Å². The Balaban J connectivity index is 2.57. The number of hydrogen-bond acceptors (Lipinski definition) is 2. The van der Waals surface area contributed by atoms with Gasteiger partial charge in [-0.25, -0.2) is 0 Å². The van der Waals surface area contributed by atoms with Crippen LogP contribution in [0.25, 0.3) is 0 Å². The first-order valence-corrected chi connectivity index (χ1v) is 5.96. The van der Waals surface area contributed by atoms with Crippen LogP contribution in [-0.4, -0.2) is 29.4 Å². The third-order valence-electron chi connectivity index (χ3n) is 3.49. The van der Waals surface area contributed by atoms with Crippen LogP contribution in [0.2, 0.25) is 0 Å². The van der Waals surface area contributed by atoms with Gasteiger partial charge in [-0.3, -0.25) is 4.79 Å². The zero-order valence-corrected chi connectivity index (χ0v) is 10.4. The first kappa shape index (κ1) is 12.5. The van der Waals surface area contributed by atoms with Gasteiger partial charge in [0.15, 0.2) is 0 Å². The molecule has 3 heteroatoms. The topological polar surface area (TPSA) is 46.3 Å². The molecule has 1 fully saturated rings. The van der Waals surface area contributed by atoms with Crippen molar-refractivity contribution in [2.24, 2.45) is 11.7 Å². The van der Waals surface area contributed by atoms with Gasteiger partial charge in [0, 0.05) is 13.1 Å². The second-order valence-corrected chi connectivity index (χ2v) is 5.16. The highest BCUT2D eigenvalue weighted by Crippen LogP contribution is 2.35. The van der Waals surface area contributed by atoms with Crippen LogP contribution in [-0.2, 0) is 4.79 Å². The van der Waals surface area contributed by atoms with Crippen molar-refractivity contribution in [3.05, 3.63) is 0 Å². The number of amides is 1. The Morgan fingerprint density at radius 2 is 2.13 bits per heavy atom. The summed E-state index contributed by atoms with van der Waals surface area (Å²) in [7, 11) is 1.88. The van der Waals surface area contributed by atoms with Gasteiger partial charge >= 0.3 is 0 Å². The van der Waals surface area contributed by atoms with E-state index in [9.17, 15) is 4.79 Å². The van der Waals surface area contributed by atoms with E-state index in [1.165, 1.54) is 12.8 Å². The lowest BCUT2D eigenvalue weighted by molar-refractivity contribution is -0.137. The van der Waals surface area contributed by atoms with Gasteiger partial charge in [0.05, 0.1) is 5.54 Å². The van der Waals surface area contributed by atoms with E-state index in [4.69, 9.17) is 5.73 Å². The van der Waals surface area contributed by atoms with Gasteiger partial charge in [0.25, 0.3) is 0 Å². The summed E-state index contributed by atoms with van der Waals surface area (Å²) in [6, 6.07) is 0.345. The highest BCUT2D eigenvalue weighted by Gasteiger charge is 2.37. The summed E-state index contributed by atoms with van der Waals surface area (Å²) in [6.45, 7) is 6.02. The van der Waals surface area contributed by atoms with Gasteiger partial charge in [-0.15, -0.1) is 0 Å². The molecule has 1 rings (SSSR count). The second kappa shape index (κ2) is 4.52. The summed E-state index contributed by atoms with van der Waals surface area (Å²) in [5.74, 6) is 0.792. The van der Waals surface area contributed by atoms with Crippen LogP contribution >= 0.6 is 0 Å². The standard InChI is InChI=1S/C12H24N2O/c1-5-8-12(3,13)11(15)14(4)9(2)10-6-7-10/h9-10H,5-8,13H2,1-4H3. The lowest BCUT2D eigenvalue weighted by atomic mass is 9.95. The molecular weight excluding hydrogens is 188 g/mol. The molecule has 0 bridgehead atoms. The number of nitrogens with two attached hydrogens (primary N) is 1. The van der Waals surface area contributed by atoms with E-state index < -0.39 is 5.54 Å². The van der Waals surface area contributed by atoms with Crippen molar-refractivity contribution in [1.82, 2.24) is 4.90 Å². The first-order chi connectivity index (χ1) is 6.90. The first-order valence-electron chi connectivity index (χ1n) is 5.96. The fourth-order valence-corrected chi connectivity index (χ4v) is 2.11. The summed E-state index contributed by atoms with van der Waals surface area (Å²) in [5.41, 5.74) is 5.35. The molecular formula is C12H24N2O. The fourth-order valence-electron chi connectivity index (χ4n) is 2.11. The molecule has 0 radical (unpaired) electrons. The van der Waals surface area contributed by atoms with Crippen molar-refractivity contribution in [2.75, 3.05) is 7.05 Å². The summed E-state index contributed by atoms with van der Waals surface area (Å²) < 4.78 is 0. The smallest absolute Gasteiger partial charge is 0.242 e. The molecule has 88 valence electrons. The summed E-state index contributed by atoms with van der Waals surface area (Å²) >= 11 is 0. The molecule has 1 aliphatic carbocycles. The maximum Gasteiger partial charge on any atom is 0.242 e. The van der Waals surface area contributed by atoms with Gasteiger partial charge in [-0.05, 0) is 39.0 Å². The highest BCUT2D eigenvalue weighted by atomic mass is 16.2. The van der Waals surface area contributed by atoms with Crippen LogP contribution in [0.1, 0.15) is 46.5 Å². The largest absolute Gasteiger partial charge is 0.341 e. The molecule has 0 heterocycles. The predicted molar refractivity (Wildman–Crippen MR) is 62.5 cm³/mol. The van der Waals surface area contributed by atoms with E-state index in [1.807, 2.05) is 18.9 Å². The van der Waals surface area contributed by atoms with Crippen molar-refractivity contribution in [1.29, 1.82) is 0 Å². The molecule has 15 heavy (non-hydrogen) atoms. The van der Waals surface area contributed by atoms with E-state index in [2.05, 4.69) is 13.8 Å². The SMILES string of the molecule is CCCC(C)(N)C(=O)N(C)C(C)C1CC1. The van der Waals surface area contributed by atoms with E-state index in [-0.39, 0.29) is 5.91 Å². The number of rotatable bonds is 5. The summed E-state index contributed by atoms with van der Waals surface area (Å²) in [6.07, 6.45) is 4.22. The third kappa shape index (κ3) is 2.94. The van der Waals surface area contributed by atoms with Gasteiger partial charge in [0.2, 0.25) is 5.91 Å². The zero-order chi connectivity index (χ0) is 11.6. The Hall–Kier alpha value is -0.570. The number of carbonyl (C=O) groups is 1. The number of nitrogens with zero attached hydrogens (tertiary/aromatic N) is 1. The van der Waals surface area contributed by atoms with Gasteiger partial charge in [0.1, 0.15) is 0 Å². The third-order valence-corrected chi connectivity index (χ3v) is 3.49. The molecule has 3 nitrogen and oxygen atoms in total. The Labute approximate surface area is 93.0 Å². The molecule has 0 aromatic heterocycles. The molecule has 0 aromatic rings. The Bertz CT molecular complexity index is 234. The maximum atomic E-state index is 12.1. The van der Waals surface area contributed by atoms with Crippen molar-refractivity contribution >= 4 is 5.91 Å². The molecule has 1 aliphatic rings. The Morgan fingerprint density at radius 3 is 2.53 bits per heavy atom. The molecule has 1 saturated carbocycles. The number of carbonyl (C=O) groups excluding carboxylic acids is 1. The minimum absolute atomic E-state index is 0.0868.